The fourth-order valence-corrected chi connectivity index (χ4v) is 3.86. The molecule has 0 bridgehead atoms. The SMILES string of the molecule is c1cc(-c2n[nH]c3ccnc(OC4CCOCC4)c23)cc(N2CCOCC2)c1. The van der Waals surface area contributed by atoms with E-state index in [2.05, 4.69) is 44.3 Å². The number of anilines is 1. The van der Waals surface area contributed by atoms with Crippen molar-refractivity contribution >= 4 is 16.6 Å². The van der Waals surface area contributed by atoms with Crippen LogP contribution in [0.25, 0.3) is 22.2 Å². The van der Waals surface area contributed by atoms with Gasteiger partial charge in [0.2, 0.25) is 5.88 Å². The highest BCUT2D eigenvalue weighted by molar-refractivity contribution is 5.96. The van der Waals surface area contributed by atoms with Gasteiger partial charge in [0.25, 0.3) is 0 Å². The van der Waals surface area contributed by atoms with Crippen molar-refractivity contribution in [1.29, 1.82) is 0 Å². The van der Waals surface area contributed by atoms with Crippen LogP contribution in [0.15, 0.2) is 36.5 Å². The highest BCUT2D eigenvalue weighted by Gasteiger charge is 2.21. The van der Waals surface area contributed by atoms with Gasteiger partial charge in [0.15, 0.2) is 0 Å². The first-order valence-corrected chi connectivity index (χ1v) is 9.89. The third kappa shape index (κ3) is 3.43. The van der Waals surface area contributed by atoms with E-state index in [1.807, 2.05) is 6.07 Å². The summed E-state index contributed by atoms with van der Waals surface area (Å²) in [6.07, 6.45) is 3.67. The monoisotopic (exact) mass is 380 g/mol. The van der Waals surface area contributed by atoms with Crippen LogP contribution in [0.3, 0.4) is 0 Å². The number of rotatable bonds is 4. The van der Waals surface area contributed by atoms with E-state index in [0.717, 1.165) is 74.5 Å². The Morgan fingerprint density at radius 3 is 2.71 bits per heavy atom. The molecule has 2 aliphatic heterocycles. The lowest BCUT2D eigenvalue weighted by molar-refractivity contribution is 0.0244. The molecule has 2 fully saturated rings. The highest BCUT2D eigenvalue weighted by Crippen LogP contribution is 2.34. The molecule has 0 atom stereocenters. The van der Waals surface area contributed by atoms with E-state index >= 15 is 0 Å². The number of ether oxygens (including phenoxy) is 3. The lowest BCUT2D eigenvalue weighted by Gasteiger charge is -2.29. The Labute approximate surface area is 163 Å². The van der Waals surface area contributed by atoms with Crippen LogP contribution >= 0.6 is 0 Å². The number of hydrogen-bond donors (Lipinski definition) is 1. The van der Waals surface area contributed by atoms with Gasteiger partial charge in [0, 0.05) is 43.4 Å². The fraction of sp³-hybridized carbons (Fsp3) is 0.429. The van der Waals surface area contributed by atoms with Crippen molar-refractivity contribution in [2.75, 3.05) is 44.4 Å². The molecule has 1 N–H and O–H groups in total. The van der Waals surface area contributed by atoms with Crippen molar-refractivity contribution in [3.8, 4) is 17.1 Å². The number of morpholine rings is 1. The molecule has 2 aliphatic rings. The van der Waals surface area contributed by atoms with Gasteiger partial charge in [-0.15, -0.1) is 0 Å². The van der Waals surface area contributed by atoms with Crippen LogP contribution < -0.4 is 9.64 Å². The molecule has 0 amide bonds. The number of hydrogen-bond acceptors (Lipinski definition) is 6. The highest BCUT2D eigenvalue weighted by atomic mass is 16.5. The number of fused-ring (bicyclic) bond motifs is 1. The molecule has 2 aromatic heterocycles. The van der Waals surface area contributed by atoms with E-state index in [0.29, 0.717) is 5.88 Å². The van der Waals surface area contributed by atoms with Crippen LogP contribution in [-0.2, 0) is 9.47 Å². The summed E-state index contributed by atoms with van der Waals surface area (Å²) >= 11 is 0. The smallest absolute Gasteiger partial charge is 0.225 e. The Hall–Kier alpha value is -2.64. The van der Waals surface area contributed by atoms with Gasteiger partial charge in [-0.1, -0.05) is 12.1 Å². The van der Waals surface area contributed by atoms with Crippen LogP contribution in [0.4, 0.5) is 5.69 Å². The van der Waals surface area contributed by atoms with Gasteiger partial charge < -0.3 is 19.1 Å². The van der Waals surface area contributed by atoms with Crippen LogP contribution in [-0.4, -0.2) is 60.8 Å². The van der Waals surface area contributed by atoms with E-state index in [1.165, 1.54) is 5.69 Å². The van der Waals surface area contributed by atoms with Crippen LogP contribution in [0.5, 0.6) is 5.88 Å². The number of H-pyrrole nitrogens is 1. The Balaban J connectivity index is 1.50. The number of nitrogens with one attached hydrogen (secondary N) is 1. The van der Waals surface area contributed by atoms with Gasteiger partial charge in [-0.2, -0.15) is 5.10 Å². The summed E-state index contributed by atoms with van der Waals surface area (Å²) in [6.45, 7) is 4.82. The predicted molar refractivity (Wildman–Crippen MR) is 107 cm³/mol. The van der Waals surface area contributed by atoms with Crippen molar-refractivity contribution in [2.45, 2.75) is 18.9 Å². The van der Waals surface area contributed by atoms with Crippen LogP contribution in [0, 0.1) is 0 Å². The molecular formula is C21H24N4O3. The number of aromatic amines is 1. The van der Waals surface area contributed by atoms with E-state index in [1.54, 1.807) is 6.20 Å². The quantitative estimate of drug-likeness (QED) is 0.750. The van der Waals surface area contributed by atoms with Gasteiger partial charge in [-0.05, 0) is 18.2 Å². The maximum atomic E-state index is 6.26. The zero-order chi connectivity index (χ0) is 18.8. The van der Waals surface area contributed by atoms with Crippen LogP contribution in [0.2, 0.25) is 0 Å². The molecule has 0 unspecified atom stereocenters. The van der Waals surface area contributed by atoms with Gasteiger partial charge in [0.05, 0.1) is 37.3 Å². The lowest BCUT2D eigenvalue weighted by Crippen LogP contribution is -2.36. The lowest BCUT2D eigenvalue weighted by atomic mass is 10.1. The summed E-state index contributed by atoms with van der Waals surface area (Å²) < 4.78 is 17.2. The Morgan fingerprint density at radius 1 is 1.04 bits per heavy atom. The fourth-order valence-electron chi connectivity index (χ4n) is 3.86. The average Bonchev–Trinajstić information content (AvgIpc) is 3.21. The second-order valence-electron chi connectivity index (χ2n) is 7.19. The van der Waals surface area contributed by atoms with Gasteiger partial charge in [-0.3, -0.25) is 5.10 Å². The Bertz CT molecular complexity index is 946. The van der Waals surface area contributed by atoms with Crippen molar-refractivity contribution in [3.63, 3.8) is 0 Å². The number of nitrogens with zero attached hydrogens (tertiary/aromatic N) is 3. The van der Waals surface area contributed by atoms with Crippen molar-refractivity contribution in [3.05, 3.63) is 36.5 Å². The molecule has 5 rings (SSSR count). The molecule has 2 saturated heterocycles. The first-order valence-electron chi connectivity index (χ1n) is 9.89. The zero-order valence-corrected chi connectivity index (χ0v) is 15.8. The summed E-state index contributed by atoms with van der Waals surface area (Å²) in [5, 5.41) is 8.67. The zero-order valence-electron chi connectivity index (χ0n) is 15.8. The second-order valence-corrected chi connectivity index (χ2v) is 7.19. The molecule has 7 heteroatoms. The minimum absolute atomic E-state index is 0.134. The third-order valence-electron chi connectivity index (χ3n) is 5.38. The molecule has 7 nitrogen and oxygen atoms in total. The van der Waals surface area contributed by atoms with E-state index in [4.69, 9.17) is 14.2 Å². The molecule has 0 radical (unpaired) electrons. The second kappa shape index (κ2) is 7.77. The third-order valence-corrected chi connectivity index (χ3v) is 5.38. The minimum Gasteiger partial charge on any atom is -0.474 e. The molecule has 0 saturated carbocycles. The maximum absolute atomic E-state index is 6.26. The number of benzene rings is 1. The van der Waals surface area contributed by atoms with Gasteiger partial charge in [0.1, 0.15) is 11.8 Å². The molecule has 0 spiro atoms. The number of aromatic nitrogens is 3. The Morgan fingerprint density at radius 2 is 1.86 bits per heavy atom. The molecule has 4 heterocycles. The first-order chi connectivity index (χ1) is 13.9. The van der Waals surface area contributed by atoms with E-state index in [9.17, 15) is 0 Å². The minimum atomic E-state index is 0.134. The molecule has 0 aliphatic carbocycles. The largest absolute Gasteiger partial charge is 0.474 e. The van der Waals surface area contributed by atoms with E-state index in [-0.39, 0.29) is 6.10 Å². The molecule has 146 valence electrons. The van der Waals surface area contributed by atoms with Gasteiger partial charge in [-0.25, -0.2) is 4.98 Å². The van der Waals surface area contributed by atoms with E-state index < -0.39 is 0 Å². The van der Waals surface area contributed by atoms with Crippen molar-refractivity contribution in [2.24, 2.45) is 0 Å². The maximum Gasteiger partial charge on any atom is 0.225 e. The molecule has 28 heavy (non-hydrogen) atoms. The predicted octanol–water partition coefficient (Wildman–Crippen LogP) is 3.02. The van der Waals surface area contributed by atoms with Crippen LogP contribution in [0.1, 0.15) is 12.8 Å². The topological polar surface area (TPSA) is 72.5 Å². The normalized spacial score (nSPS) is 18.5. The Kier molecular flexibility index (Phi) is 4.85. The average molecular weight is 380 g/mol. The summed E-state index contributed by atoms with van der Waals surface area (Å²) in [6, 6.07) is 10.4. The first kappa shape index (κ1) is 17.5. The number of pyridine rings is 1. The summed E-state index contributed by atoms with van der Waals surface area (Å²) in [5.74, 6) is 0.643. The molecule has 1 aromatic carbocycles. The molecule has 3 aromatic rings. The summed E-state index contributed by atoms with van der Waals surface area (Å²) in [4.78, 5) is 6.87. The van der Waals surface area contributed by atoms with Gasteiger partial charge >= 0.3 is 0 Å². The van der Waals surface area contributed by atoms with Crippen molar-refractivity contribution in [1.82, 2.24) is 15.2 Å². The summed E-state index contributed by atoms with van der Waals surface area (Å²) in [5.41, 5.74) is 4.05. The standard InChI is InChI=1S/C21H24N4O3/c1-2-15(14-16(3-1)25-8-12-27-13-9-25)20-19-18(23-24-20)4-7-22-21(19)28-17-5-10-26-11-6-17/h1-4,7,14,17H,5-6,8-13H2,(H,23,24). The summed E-state index contributed by atoms with van der Waals surface area (Å²) in [7, 11) is 0. The molecular weight excluding hydrogens is 356 g/mol. The van der Waals surface area contributed by atoms with Crippen molar-refractivity contribution < 1.29 is 14.2 Å².